The van der Waals surface area contributed by atoms with E-state index in [1.807, 2.05) is 20.8 Å². The Hall–Kier alpha value is -1.13. The van der Waals surface area contributed by atoms with Gasteiger partial charge in [-0.25, -0.2) is 0 Å². The van der Waals surface area contributed by atoms with Gasteiger partial charge in [-0.1, -0.05) is 20.8 Å². The molecule has 0 amide bonds. The summed E-state index contributed by atoms with van der Waals surface area (Å²) in [4.78, 5) is 26.2. The molecule has 1 aliphatic carbocycles. The minimum Gasteiger partial charge on any atom is -0.313 e. The highest BCUT2D eigenvalue weighted by molar-refractivity contribution is 5.91. The first kappa shape index (κ1) is 10.9. The van der Waals surface area contributed by atoms with Crippen LogP contribution in [0.2, 0.25) is 0 Å². The van der Waals surface area contributed by atoms with Crippen molar-refractivity contribution < 1.29 is 14.7 Å². The first-order valence-corrected chi connectivity index (χ1v) is 4.60. The van der Waals surface area contributed by atoms with Gasteiger partial charge in [-0.3, -0.25) is 4.79 Å². The molecule has 0 aromatic heterocycles. The Morgan fingerprint density at radius 2 is 2.00 bits per heavy atom. The van der Waals surface area contributed by atoms with E-state index in [9.17, 15) is 14.9 Å². The molecule has 0 heterocycles. The van der Waals surface area contributed by atoms with Crippen LogP contribution in [0.3, 0.4) is 0 Å². The topological polar surface area (TPSA) is 69.4 Å². The van der Waals surface area contributed by atoms with Gasteiger partial charge in [0.25, 0.3) is 5.09 Å². The molecule has 0 N–H and O–H groups in total. The first-order chi connectivity index (χ1) is 6.28. The Balaban J connectivity index is 2.58. The molecule has 14 heavy (non-hydrogen) atoms. The zero-order valence-electron chi connectivity index (χ0n) is 8.70. The van der Waals surface area contributed by atoms with Crippen LogP contribution >= 0.6 is 0 Å². The maximum Gasteiger partial charge on any atom is 0.294 e. The normalized spacial score (nSPS) is 18.8. The maximum absolute atomic E-state index is 11.9. The lowest BCUT2D eigenvalue weighted by molar-refractivity contribution is -0.759. The summed E-state index contributed by atoms with van der Waals surface area (Å²) in [7, 11) is 0. The van der Waals surface area contributed by atoms with Gasteiger partial charge >= 0.3 is 0 Å². The van der Waals surface area contributed by atoms with Crippen molar-refractivity contribution in [3.63, 3.8) is 0 Å². The lowest BCUT2D eigenvalue weighted by Crippen LogP contribution is -2.33. The fourth-order valence-electron chi connectivity index (χ4n) is 1.56. The number of ketones is 1. The molecule has 0 atom stereocenters. The summed E-state index contributed by atoms with van der Waals surface area (Å²) in [6.45, 7) is 5.38. The average molecular weight is 201 g/mol. The fourth-order valence-corrected chi connectivity index (χ4v) is 1.56. The molecular formula is C9H15NO4. The lowest BCUT2D eigenvalue weighted by Gasteiger charge is -2.23. The number of nitrogens with zero attached hydrogens (tertiary/aromatic N) is 1. The van der Waals surface area contributed by atoms with Gasteiger partial charge in [0.15, 0.2) is 0 Å². The molecule has 0 saturated heterocycles. The van der Waals surface area contributed by atoms with Crippen LogP contribution in [-0.4, -0.2) is 17.5 Å². The first-order valence-electron chi connectivity index (χ1n) is 4.60. The molecule has 80 valence electrons. The Labute approximate surface area is 82.5 Å². The number of rotatable bonds is 4. The summed E-state index contributed by atoms with van der Waals surface area (Å²) < 4.78 is 0. The SMILES string of the molecule is CC(C)(C)C(=O)C1(CO[N+](=O)[O-])CC1. The molecule has 0 bridgehead atoms. The van der Waals surface area contributed by atoms with E-state index in [0.717, 1.165) is 0 Å². The molecule has 0 aromatic carbocycles. The Kier molecular flexibility index (Phi) is 2.52. The van der Waals surface area contributed by atoms with E-state index in [4.69, 9.17) is 0 Å². The Morgan fingerprint density at radius 1 is 1.50 bits per heavy atom. The summed E-state index contributed by atoms with van der Waals surface area (Å²) >= 11 is 0. The van der Waals surface area contributed by atoms with E-state index >= 15 is 0 Å². The number of carbonyl (C=O) groups excluding carboxylic acids is 1. The highest BCUT2D eigenvalue weighted by Gasteiger charge is 2.53. The van der Waals surface area contributed by atoms with Gasteiger partial charge in [-0.05, 0) is 12.8 Å². The van der Waals surface area contributed by atoms with Crippen molar-refractivity contribution in [3.8, 4) is 0 Å². The maximum atomic E-state index is 11.9. The largest absolute Gasteiger partial charge is 0.313 e. The average Bonchev–Trinajstić information content (AvgIpc) is 2.78. The summed E-state index contributed by atoms with van der Waals surface area (Å²) in [6, 6.07) is 0. The third-order valence-corrected chi connectivity index (χ3v) is 2.46. The summed E-state index contributed by atoms with van der Waals surface area (Å²) in [5, 5.41) is 9.18. The van der Waals surface area contributed by atoms with Gasteiger partial charge in [0.05, 0.1) is 5.41 Å². The van der Waals surface area contributed by atoms with Gasteiger partial charge in [-0.2, -0.15) is 0 Å². The summed E-state index contributed by atoms with van der Waals surface area (Å²) in [5.74, 6) is 0.0619. The number of hydrogen-bond donors (Lipinski definition) is 0. The smallest absolute Gasteiger partial charge is 0.294 e. The van der Waals surface area contributed by atoms with Crippen LogP contribution in [0.15, 0.2) is 0 Å². The van der Waals surface area contributed by atoms with Crippen LogP contribution in [0.4, 0.5) is 0 Å². The Bertz CT molecular complexity index is 262. The fraction of sp³-hybridized carbons (Fsp3) is 0.889. The standard InChI is InChI=1S/C9H15NO4/c1-8(2,3)7(11)9(4-5-9)6-14-10(12)13/h4-6H2,1-3H3. The molecule has 5 heteroatoms. The van der Waals surface area contributed by atoms with Gasteiger partial charge in [0, 0.05) is 5.41 Å². The van der Waals surface area contributed by atoms with E-state index in [-0.39, 0.29) is 12.4 Å². The molecule has 1 aliphatic rings. The van der Waals surface area contributed by atoms with E-state index in [1.54, 1.807) is 0 Å². The van der Waals surface area contributed by atoms with Crippen LogP contribution in [0.5, 0.6) is 0 Å². The van der Waals surface area contributed by atoms with Crippen molar-refractivity contribution in [1.29, 1.82) is 0 Å². The molecule has 1 rings (SSSR count). The van der Waals surface area contributed by atoms with Crippen molar-refractivity contribution >= 4 is 5.78 Å². The van der Waals surface area contributed by atoms with E-state index in [0.29, 0.717) is 12.8 Å². The van der Waals surface area contributed by atoms with Crippen molar-refractivity contribution in [3.05, 3.63) is 10.1 Å². The second-order valence-corrected chi connectivity index (χ2v) is 4.86. The van der Waals surface area contributed by atoms with Crippen molar-refractivity contribution in [2.45, 2.75) is 33.6 Å². The molecule has 0 aromatic rings. The number of carbonyl (C=O) groups is 1. The molecule has 1 fully saturated rings. The van der Waals surface area contributed by atoms with Gasteiger partial charge in [0.2, 0.25) is 0 Å². The second kappa shape index (κ2) is 3.22. The number of hydrogen-bond acceptors (Lipinski definition) is 4. The van der Waals surface area contributed by atoms with Crippen LogP contribution in [0.25, 0.3) is 0 Å². The molecule has 0 unspecified atom stereocenters. The summed E-state index contributed by atoms with van der Waals surface area (Å²) in [5.41, 5.74) is -1.03. The van der Waals surface area contributed by atoms with Gasteiger partial charge < -0.3 is 4.84 Å². The van der Waals surface area contributed by atoms with Crippen LogP contribution in [0.1, 0.15) is 33.6 Å². The van der Waals surface area contributed by atoms with Gasteiger partial charge in [-0.15, -0.1) is 10.1 Å². The minimum absolute atomic E-state index is 0.0619. The molecule has 1 saturated carbocycles. The monoisotopic (exact) mass is 201 g/mol. The highest BCUT2D eigenvalue weighted by Crippen LogP contribution is 2.50. The molecule has 0 aliphatic heterocycles. The zero-order chi connectivity index (χ0) is 11.0. The lowest BCUT2D eigenvalue weighted by atomic mass is 9.81. The third kappa shape index (κ3) is 2.21. The minimum atomic E-state index is -0.837. The predicted molar refractivity (Wildman–Crippen MR) is 49.1 cm³/mol. The molecular weight excluding hydrogens is 186 g/mol. The van der Waals surface area contributed by atoms with Crippen molar-refractivity contribution in [2.75, 3.05) is 6.61 Å². The van der Waals surface area contributed by atoms with E-state index in [2.05, 4.69) is 4.84 Å². The van der Waals surface area contributed by atoms with Crippen LogP contribution < -0.4 is 0 Å². The molecule has 5 nitrogen and oxygen atoms in total. The molecule has 0 radical (unpaired) electrons. The number of Topliss-reactive ketones (excluding diaryl/α,β-unsaturated/α-hetero) is 1. The van der Waals surface area contributed by atoms with Crippen molar-refractivity contribution in [2.24, 2.45) is 10.8 Å². The predicted octanol–water partition coefficient (Wildman–Crippen LogP) is 1.59. The van der Waals surface area contributed by atoms with Gasteiger partial charge in [0.1, 0.15) is 12.4 Å². The van der Waals surface area contributed by atoms with E-state index < -0.39 is 15.9 Å². The third-order valence-electron chi connectivity index (χ3n) is 2.46. The second-order valence-electron chi connectivity index (χ2n) is 4.86. The molecule has 0 spiro atoms. The van der Waals surface area contributed by atoms with E-state index in [1.165, 1.54) is 0 Å². The van der Waals surface area contributed by atoms with Crippen LogP contribution in [0, 0.1) is 20.9 Å². The summed E-state index contributed by atoms with van der Waals surface area (Å²) in [6.07, 6.45) is 1.41. The Morgan fingerprint density at radius 3 is 2.29 bits per heavy atom. The quantitative estimate of drug-likeness (QED) is 0.511. The van der Waals surface area contributed by atoms with Crippen molar-refractivity contribution in [1.82, 2.24) is 0 Å². The zero-order valence-corrected chi connectivity index (χ0v) is 8.70. The van der Waals surface area contributed by atoms with Crippen LogP contribution in [-0.2, 0) is 9.63 Å². The highest BCUT2D eigenvalue weighted by atomic mass is 16.9.